The van der Waals surface area contributed by atoms with Gasteiger partial charge >= 0.3 is 0 Å². The number of hydrogen-bond donors (Lipinski definition) is 0. The van der Waals surface area contributed by atoms with Crippen LogP contribution in [-0.2, 0) is 10.0 Å². The molecule has 0 amide bonds. The maximum atomic E-state index is 13.4. The second kappa shape index (κ2) is 8.13. The molecule has 154 valence electrons. The number of rotatable bonds is 5. The average Bonchev–Trinajstić information content (AvgIpc) is 3.21. The van der Waals surface area contributed by atoms with Crippen LogP contribution < -0.4 is 4.74 Å². The zero-order valence-electron chi connectivity index (χ0n) is 16.6. The molecule has 1 heterocycles. The van der Waals surface area contributed by atoms with E-state index in [-0.39, 0.29) is 4.90 Å². The van der Waals surface area contributed by atoms with Crippen LogP contribution in [0.2, 0.25) is 5.02 Å². The first kappa shape index (κ1) is 20.4. The van der Waals surface area contributed by atoms with Gasteiger partial charge in [0.15, 0.2) is 0 Å². The Kier molecular flexibility index (Phi) is 5.54. The van der Waals surface area contributed by atoms with E-state index in [0.717, 1.165) is 16.7 Å². The van der Waals surface area contributed by atoms with Crippen LogP contribution in [0, 0.1) is 6.92 Å². The molecule has 0 bridgehead atoms. The molecule has 0 aliphatic carbocycles. The van der Waals surface area contributed by atoms with Crippen LogP contribution in [0.15, 0.2) is 82.8 Å². The molecule has 3 aromatic rings. The number of ether oxygens (including phenoxy) is 1. The molecule has 3 aromatic carbocycles. The molecule has 1 atom stereocenters. The Morgan fingerprint density at radius 2 is 1.73 bits per heavy atom. The van der Waals surface area contributed by atoms with E-state index in [0.29, 0.717) is 22.9 Å². The number of aryl methyl sites for hydroxylation is 1. The number of nitrogens with zero attached hydrogens (tertiary/aromatic N) is 2. The fourth-order valence-corrected chi connectivity index (χ4v) is 5.00. The van der Waals surface area contributed by atoms with Gasteiger partial charge in [0.25, 0.3) is 10.0 Å². The summed E-state index contributed by atoms with van der Waals surface area (Å²) in [5.41, 5.74) is 3.52. The predicted octanol–water partition coefficient (Wildman–Crippen LogP) is 5.20. The van der Waals surface area contributed by atoms with Crippen LogP contribution in [-0.4, -0.2) is 25.7 Å². The third-order valence-corrected chi connectivity index (χ3v) is 7.04. The van der Waals surface area contributed by atoms with Crippen LogP contribution >= 0.6 is 11.6 Å². The van der Waals surface area contributed by atoms with Crippen molar-refractivity contribution < 1.29 is 13.2 Å². The molecular weight excluding hydrogens is 420 g/mol. The fraction of sp³-hybridized carbons (Fsp3) is 0.174. The van der Waals surface area contributed by atoms with Crippen LogP contribution in [0.5, 0.6) is 5.75 Å². The van der Waals surface area contributed by atoms with Crippen molar-refractivity contribution in [2.75, 3.05) is 7.11 Å². The zero-order valence-corrected chi connectivity index (χ0v) is 18.2. The summed E-state index contributed by atoms with van der Waals surface area (Å²) in [6.45, 7) is 2.00. The molecule has 5 nitrogen and oxygen atoms in total. The second-order valence-corrected chi connectivity index (χ2v) is 9.37. The Labute approximate surface area is 181 Å². The average molecular weight is 441 g/mol. The van der Waals surface area contributed by atoms with Gasteiger partial charge in [-0.3, -0.25) is 0 Å². The molecule has 0 saturated heterocycles. The minimum absolute atomic E-state index is 0.152. The first-order chi connectivity index (χ1) is 14.4. The lowest BCUT2D eigenvalue weighted by atomic mass is 9.98. The lowest BCUT2D eigenvalue weighted by molar-refractivity contribution is 0.371. The smallest absolute Gasteiger partial charge is 0.279 e. The lowest BCUT2D eigenvalue weighted by Gasteiger charge is -2.23. The van der Waals surface area contributed by atoms with Gasteiger partial charge in [-0.05, 0) is 48.9 Å². The SMILES string of the molecule is COc1cccc(C2=NN(S(=O)(=O)c3ccc(Cl)cc3)C(c3ccc(C)cc3)C2)c1. The van der Waals surface area contributed by atoms with Gasteiger partial charge in [0, 0.05) is 17.0 Å². The van der Waals surface area contributed by atoms with Crippen molar-refractivity contribution in [3.63, 3.8) is 0 Å². The van der Waals surface area contributed by atoms with Crippen LogP contribution in [0.1, 0.15) is 29.2 Å². The number of methoxy groups -OCH3 is 1. The molecule has 4 rings (SSSR count). The minimum atomic E-state index is -3.86. The zero-order chi connectivity index (χ0) is 21.3. The molecule has 1 aliphatic rings. The van der Waals surface area contributed by atoms with Gasteiger partial charge in [0.1, 0.15) is 5.75 Å². The van der Waals surface area contributed by atoms with Gasteiger partial charge in [-0.15, -0.1) is 0 Å². The molecule has 0 spiro atoms. The fourth-order valence-electron chi connectivity index (χ4n) is 3.44. The summed E-state index contributed by atoms with van der Waals surface area (Å²) < 4.78 is 33.4. The highest BCUT2D eigenvalue weighted by atomic mass is 35.5. The summed E-state index contributed by atoms with van der Waals surface area (Å²) in [5.74, 6) is 0.695. The molecule has 0 fully saturated rings. The van der Waals surface area contributed by atoms with Gasteiger partial charge < -0.3 is 4.74 Å². The normalized spacial score (nSPS) is 16.4. The minimum Gasteiger partial charge on any atom is -0.497 e. The van der Waals surface area contributed by atoms with E-state index in [2.05, 4.69) is 5.10 Å². The van der Waals surface area contributed by atoms with Crippen LogP contribution in [0.4, 0.5) is 0 Å². The van der Waals surface area contributed by atoms with Crippen molar-refractivity contribution in [2.24, 2.45) is 5.10 Å². The number of hydrazone groups is 1. The number of halogens is 1. The molecule has 0 radical (unpaired) electrons. The largest absolute Gasteiger partial charge is 0.497 e. The van der Waals surface area contributed by atoms with E-state index in [1.807, 2.05) is 55.5 Å². The summed E-state index contributed by atoms with van der Waals surface area (Å²) in [5, 5.41) is 5.04. The Morgan fingerprint density at radius 1 is 1.03 bits per heavy atom. The van der Waals surface area contributed by atoms with Crippen molar-refractivity contribution in [2.45, 2.75) is 24.3 Å². The van der Waals surface area contributed by atoms with Crippen molar-refractivity contribution in [1.82, 2.24) is 4.41 Å². The first-order valence-corrected chi connectivity index (χ1v) is 11.3. The molecule has 0 aromatic heterocycles. The predicted molar refractivity (Wildman–Crippen MR) is 119 cm³/mol. The van der Waals surface area contributed by atoms with Crippen LogP contribution in [0.3, 0.4) is 0 Å². The van der Waals surface area contributed by atoms with E-state index in [1.165, 1.54) is 16.5 Å². The maximum Gasteiger partial charge on any atom is 0.279 e. The third-order valence-electron chi connectivity index (χ3n) is 5.10. The third kappa shape index (κ3) is 3.93. The second-order valence-electron chi connectivity index (χ2n) is 7.14. The van der Waals surface area contributed by atoms with Gasteiger partial charge in [-0.25, -0.2) is 0 Å². The molecule has 0 N–H and O–H groups in total. The summed E-state index contributed by atoms with van der Waals surface area (Å²) in [6.07, 6.45) is 0.461. The molecule has 7 heteroatoms. The van der Waals surface area contributed by atoms with E-state index in [1.54, 1.807) is 19.2 Å². The van der Waals surface area contributed by atoms with E-state index in [9.17, 15) is 8.42 Å². The molecule has 0 saturated carbocycles. The van der Waals surface area contributed by atoms with Gasteiger partial charge in [-0.1, -0.05) is 53.6 Å². The molecule has 30 heavy (non-hydrogen) atoms. The maximum absolute atomic E-state index is 13.4. The Bertz CT molecular complexity index is 1190. The van der Waals surface area contributed by atoms with E-state index >= 15 is 0 Å². The topological polar surface area (TPSA) is 59.0 Å². The Morgan fingerprint density at radius 3 is 2.40 bits per heavy atom. The monoisotopic (exact) mass is 440 g/mol. The van der Waals surface area contributed by atoms with Crippen molar-refractivity contribution in [3.8, 4) is 5.75 Å². The summed E-state index contributed by atoms with van der Waals surface area (Å²) in [7, 11) is -2.26. The number of hydrogen-bond acceptors (Lipinski definition) is 4. The molecule has 1 aliphatic heterocycles. The van der Waals surface area contributed by atoms with Gasteiger partial charge in [-0.2, -0.15) is 17.9 Å². The summed E-state index contributed by atoms with van der Waals surface area (Å²) in [4.78, 5) is 0.152. The van der Waals surface area contributed by atoms with Gasteiger partial charge in [0.2, 0.25) is 0 Å². The standard InChI is InChI=1S/C23H21ClN2O3S/c1-16-6-8-17(9-7-16)23-15-22(18-4-3-5-20(14-18)29-2)25-26(23)30(27,28)21-12-10-19(24)11-13-21/h3-14,23H,15H2,1-2H3. The Hall–Kier alpha value is -2.83. The lowest BCUT2D eigenvalue weighted by Crippen LogP contribution is -2.27. The quantitative estimate of drug-likeness (QED) is 0.548. The molecular formula is C23H21ClN2O3S. The van der Waals surface area contributed by atoms with Crippen molar-refractivity contribution >= 4 is 27.3 Å². The van der Waals surface area contributed by atoms with Crippen molar-refractivity contribution in [1.29, 1.82) is 0 Å². The summed E-state index contributed by atoms with van der Waals surface area (Å²) >= 11 is 5.94. The summed E-state index contributed by atoms with van der Waals surface area (Å²) in [6, 6.07) is 21.1. The first-order valence-electron chi connectivity index (χ1n) is 9.47. The van der Waals surface area contributed by atoms with E-state index < -0.39 is 16.1 Å². The molecule has 1 unspecified atom stereocenters. The highest BCUT2D eigenvalue weighted by molar-refractivity contribution is 7.89. The van der Waals surface area contributed by atoms with Crippen LogP contribution in [0.25, 0.3) is 0 Å². The van der Waals surface area contributed by atoms with Crippen molar-refractivity contribution in [3.05, 3.63) is 94.5 Å². The number of benzene rings is 3. The van der Waals surface area contributed by atoms with E-state index in [4.69, 9.17) is 16.3 Å². The Balaban J connectivity index is 1.80. The highest BCUT2D eigenvalue weighted by Gasteiger charge is 2.37. The van der Waals surface area contributed by atoms with Gasteiger partial charge in [0.05, 0.1) is 23.8 Å². The number of sulfonamides is 1. The highest BCUT2D eigenvalue weighted by Crippen LogP contribution is 2.37.